The summed E-state index contributed by atoms with van der Waals surface area (Å²) in [6.45, 7) is 1.73. The normalized spacial score (nSPS) is 18.0. The van der Waals surface area contributed by atoms with Crippen molar-refractivity contribution in [3.8, 4) is 0 Å². The molecule has 0 saturated carbocycles. The van der Waals surface area contributed by atoms with Crippen LogP contribution in [0.5, 0.6) is 0 Å². The van der Waals surface area contributed by atoms with Crippen LogP contribution >= 0.6 is 0 Å². The first-order valence-electron chi connectivity index (χ1n) is 6.72. The first-order chi connectivity index (χ1) is 10.1. The maximum absolute atomic E-state index is 13.6. The predicted molar refractivity (Wildman–Crippen MR) is 73.9 cm³/mol. The standard InChI is InChI=1S/C14H17FN2O4/c15-11-5-1-4-10(13(18)19)12(11)17-14(20)16-7-9-3-2-6-21-8-9/h1,4-5,9H,2-3,6-8H2,(H,18,19)(H2,16,17,20). The number of rotatable bonds is 4. The molecule has 1 fully saturated rings. The minimum Gasteiger partial charge on any atom is -0.478 e. The number of nitrogens with one attached hydrogen (secondary N) is 2. The molecule has 1 atom stereocenters. The molecule has 1 aromatic rings. The summed E-state index contributed by atoms with van der Waals surface area (Å²) in [4.78, 5) is 22.8. The number of hydrogen-bond donors (Lipinski definition) is 3. The number of para-hydroxylation sites is 1. The van der Waals surface area contributed by atoms with Crippen LogP contribution in [0.2, 0.25) is 0 Å². The molecule has 1 aliphatic heterocycles. The third kappa shape index (κ3) is 4.16. The molecule has 0 bridgehead atoms. The first kappa shape index (κ1) is 15.2. The second-order valence-electron chi connectivity index (χ2n) is 4.89. The molecule has 2 rings (SSSR count). The van der Waals surface area contributed by atoms with Gasteiger partial charge in [0.15, 0.2) is 0 Å². The van der Waals surface area contributed by atoms with E-state index in [1.54, 1.807) is 0 Å². The third-order valence-corrected chi connectivity index (χ3v) is 3.29. The van der Waals surface area contributed by atoms with Gasteiger partial charge in [0, 0.05) is 13.2 Å². The summed E-state index contributed by atoms with van der Waals surface area (Å²) in [5.74, 6) is -1.86. The van der Waals surface area contributed by atoms with E-state index in [-0.39, 0.29) is 17.2 Å². The van der Waals surface area contributed by atoms with Crippen molar-refractivity contribution in [3.63, 3.8) is 0 Å². The maximum atomic E-state index is 13.6. The summed E-state index contributed by atoms with van der Waals surface area (Å²) in [5, 5.41) is 13.8. The van der Waals surface area contributed by atoms with Gasteiger partial charge in [-0.25, -0.2) is 14.0 Å². The van der Waals surface area contributed by atoms with Crippen molar-refractivity contribution >= 4 is 17.7 Å². The molecule has 1 unspecified atom stereocenters. The number of halogens is 1. The molecule has 7 heteroatoms. The number of aromatic carboxylic acids is 1. The number of carbonyl (C=O) groups excluding carboxylic acids is 1. The summed E-state index contributed by atoms with van der Waals surface area (Å²) in [5.41, 5.74) is -0.617. The van der Waals surface area contributed by atoms with Crippen LogP contribution in [-0.2, 0) is 4.74 Å². The molecule has 1 saturated heterocycles. The predicted octanol–water partition coefficient (Wildman–Crippen LogP) is 2.07. The molecule has 1 heterocycles. The highest BCUT2D eigenvalue weighted by Crippen LogP contribution is 2.20. The maximum Gasteiger partial charge on any atom is 0.337 e. The van der Waals surface area contributed by atoms with Gasteiger partial charge in [-0.1, -0.05) is 6.07 Å². The van der Waals surface area contributed by atoms with E-state index in [0.717, 1.165) is 25.5 Å². The van der Waals surface area contributed by atoms with Crippen molar-refractivity contribution in [2.24, 2.45) is 5.92 Å². The van der Waals surface area contributed by atoms with Gasteiger partial charge in [0.25, 0.3) is 0 Å². The molecular weight excluding hydrogens is 279 g/mol. The highest BCUT2D eigenvalue weighted by Gasteiger charge is 2.18. The fourth-order valence-electron chi connectivity index (χ4n) is 2.19. The van der Waals surface area contributed by atoms with Gasteiger partial charge in [0.05, 0.1) is 17.9 Å². The number of carbonyl (C=O) groups is 2. The summed E-state index contributed by atoms with van der Waals surface area (Å²) in [6.07, 6.45) is 1.91. The Kier molecular flexibility index (Phi) is 5.10. The smallest absolute Gasteiger partial charge is 0.337 e. The van der Waals surface area contributed by atoms with Crippen LogP contribution in [0.15, 0.2) is 18.2 Å². The van der Waals surface area contributed by atoms with Gasteiger partial charge in [0.1, 0.15) is 5.82 Å². The second-order valence-corrected chi connectivity index (χ2v) is 4.89. The van der Waals surface area contributed by atoms with E-state index >= 15 is 0 Å². The van der Waals surface area contributed by atoms with E-state index in [1.807, 2.05) is 0 Å². The fraction of sp³-hybridized carbons (Fsp3) is 0.429. The number of carboxylic acids is 1. The minimum absolute atomic E-state index is 0.226. The monoisotopic (exact) mass is 296 g/mol. The Labute approximate surface area is 121 Å². The fourth-order valence-corrected chi connectivity index (χ4v) is 2.19. The van der Waals surface area contributed by atoms with E-state index in [0.29, 0.717) is 13.2 Å². The zero-order valence-electron chi connectivity index (χ0n) is 11.4. The number of urea groups is 1. The summed E-state index contributed by atoms with van der Waals surface area (Å²) in [6, 6.07) is 2.97. The molecule has 1 aromatic carbocycles. The van der Waals surface area contributed by atoms with Gasteiger partial charge in [-0.2, -0.15) is 0 Å². The number of carboxylic acid groups (broad SMARTS) is 1. The Hall–Kier alpha value is -2.15. The highest BCUT2D eigenvalue weighted by molar-refractivity contribution is 6.00. The average Bonchev–Trinajstić information content (AvgIpc) is 2.48. The van der Waals surface area contributed by atoms with Crippen LogP contribution in [0.1, 0.15) is 23.2 Å². The van der Waals surface area contributed by atoms with E-state index in [2.05, 4.69) is 10.6 Å². The Morgan fingerprint density at radius 2 is 2.24 bits per heavy atom. The molecule has 0 spiro atoms. The van der Waals surface area contributed by atoms with Gasteiger partial charge in [-0.15, -0.1) is 0 Å². The summed E-state index contributed by atoms with van der Waals surface area (Å²) < 4.78 is 18.9. The van der Waals surface area contributed by atoms with Crippen LogP contribution in [0.3, 0.4) is 0 Å². The third-order valence-electron chi connectivity index (χ3n) is 3.29. The van der Waals surface area contributed by atoms with Gasteiger partial charge < -0.3 is 20.5 Å². The van der Waals surface area contributed by atoms with Gasteiger partial charge in [0.2, 0.25) is 0 Å². The van der Waals surface area contributed by atoms with Crippen molar-refractivity contribution in [2.75, 3.05) is 25.1 Å². The van der Waals surface area contributed by atoms with E-state index in [4.69, 9.17) is 9.84 Å². The molecule has 2 amide bonds. The molecule has 0 aliphatic carbocycles. The van der Waals surface area contributed by atoms with E-state index in [9.17, 15) is 14.0 Å². The molecule has 1 aliphatic rings. The number of benzene rings is 1. The lowest BCUT2D eigenvalue weighted by Gasteiger charge is -2.22. The lowest BCUT2D eigenvalue weighted by Crippen LogP contribution is -2.36. The van der Waals surface area contributed by atoms with Crippen LogP contribution in [-0.4, -0.2) is 36.9 Å². The van der Waals surface area contributed by atoms with Crippen molar-refractivity contribution in [3.05, 3.63) is 29.6 Å². The molecule has 6 nitrogen and oxygen atoms in total. The quantitative estimate of drug-likeness (QED) is 0.793. The number of anilines is 1. The van der Waals surface area contributed by atoms with Crippen molar-refractivity contribution in [2.45, 2.75) is 12.8 Å². The van der Waals surface area contributed by atoms with Crippen LogP contribution in [0.4, 0.5) is 14.9 Å². The van der Waals surface area contributed by atoms with Gasteiger partial charge >= 0.3 is 12.0 Å². The molecule has 0 radical (unpaired) electrons. The second kappa shape index (κ2) is 7.03. The van der Waals surface area contributed by atoms with Crippen LogP contribution in [0.25, 0.3) is 0 Å². The Morgan fingerprint density at radius 3 is 2.90 bits per heavy atom. The van der Waals surface area contributed by atoms with Crippen molar-refractivity contribution in [1.82, 2.24) is 5.32 Å². The molecule has 21 heavy (non-hydrogen) atoms. The first-order valence-corrected chi connectivity index (χ1v) is 6.72. The lowest BCUT2D eigenvalue weighted by molar-refractivity contribution is 0.0559. The largest absolute Gasteiger partial charge is 0.478 e. The molecular formula is C14H17FN2O4. The van der Waals surface area contributed by atoms with Crippen molar-refractivity contribution < 1.29 is 23.8 Å². The lowest BCUT2D eigenvalue weighted by atomic mass is 10.0. The zero-order valence-corrected chi connectivity index (χ0v) is 11.4. The minimum atomic E-state index is -1.30. The topological polar surface area (TPSA) is 87.7 Å². The van der Waals surface area contributed by atoms with Crippen LogP contribution < -0.4 is 10.6 Å². The SMILES string of the molecule is O=C(NCC1CCCOC1)Nc1c(F)cccc1C(=O)O. The molecule has 3 N–H and O–H groups in total. The van der Waals surface area contributed by atoms with Gasteiger partial charge in [-0.05, 0) is 30.9 Å². The van der Waals surface area contributed by atoms with E-state index < -0.39 is 17.8 Å². The molecule has 114 valence electrons. The highest BCUT2D eigenvalue weighted by atomic mass is 19.1. The van der Waals surface area contributed by atoms with Crippen molar-refractivity contribution in [1.29, 1.82) is 0 Å². The van der Waals surface area contributed by atoms with Gasteiger partial charge in [-0.3, -0.25) is 0 Å². The number of hydrogen-bond acceptors (Lipinski definition) is 3. The molecule has 0 aromatic heterocycles. The number of amides is 2. The Morgan fingerprint density at radius 1 is 1.43 bits per heavy atom. The summed E-state index contributed by atoms with van der Waals surface area (Å²) in [7, 11) is 0. The Bertz CT molecular complexity index is 530. The zero-order chi connectivity index (χ0) is 15.2. The summed E-state index contributed by atoms with van der Waals surface area (Å²) >= 11 is 0. The Balaban J connectivity index is 1.94. The van der Waals surface area contributed by atoms with Crippen LogP contribution in [0, 0.1) is 11.7 Å². The number of ether oxygens (including phenoxy) is 1. The average molecular weight is 296 g/mol. The van der Waals surface area contributed by atoms with E-state index in [1.165, 1.54) is 12.1 Å².